The Kier molecular flexibility index (Phi) is 4.48. The van der Waals surface area contributed by atoms with E-state index in [4.69, 9.17) is 10.5 Å². The maximum atomic E-state index is 13.1. The van der Waals surface area contributed by atoms with Gasteiger partial charge in [0.1, 0.15) is 5.82 Å². The number of nitrogens with zero attached hydrogens (tertiary/aromatic N) is 1. The summed E-state index contributed by atoms with van der Waals surface area (Å²) in [5, 5.41) is 3.87. The molecule has 0 saturated heterocycles. The van der Waals surface area contributed by atoms with Crippen molar-refractivity contribution in [2.45, 2.75) is 0 Å². The van der Waals surface area contributed by atoms with E-state index < -0.39 is 0 Å². The molecule has 122 valence electrons. The summed E-state index contributed by atoms with van der Waals surface area (Å²) >= 11 is 1.54. The number of halogens is 1. The van der Waals surface area contributed by atoms with Crippen LogP contribution < -0.4 is 11.1 Å². The number of thiazole rings is 1. The average molecular weight is 341 g/mol. The number of fused-ring (bicyclic) bond motifs is 1. The van der Waals surface area contributed by atoms with Crippen LogP contribution in [0.15, 0.2) is 55.3 Å². The molecule has 0 atom stereocenters. The lowest BCUT2D eigenvalue weighted by atomic mass is 10.1. The van der Waals surface area contributed by atoms with Crippen LogP contribution in [0, 0.1) is 5.82 Å². The van der Waals surface area contributed by atoms with E-state index in [9.17, 15) is 4.39 Å². The third-order valence-corrected chi connectivity index (χ3v) is 4.50. The average Bonchev–Trinajstić information content (AvgIpc) is 3.02. The normalized spacial score (nSPS) is 11.9. The lowest BCUT2D eigenvalue weighted by Crippen LogP contribution is -2.02. The summed E-state index contributed by atoms with van der Waals surface area (Å²) in [6.07, 6.45) is 1.32. The summed E-state index contributed by atoms with van der Waals surface area (Å²) < 4.78 is 19.7. The van der Waals surface area contributed by atoms with Gasteiger partial charge >= 0.3 is 0 Å². The molecular formula is C18H16FN3OS. The summed E-state index contributed by atoms with van der Waals surface area (Å²) in [6, 6.07) is 11.7. The Morgan fingerprint density at radius 2 is 1.96 bits per heavy atom. The molecule has 4 nitrogen and oxygen atoms in total. The lowest BCUT2D eigenvalue weighted by Gasteiger charge is -2.11. The van der Waals surface area contributed by atoms with Crippen LogP contribution in [0.2, 0.25) is 0 Å². The molecule has 0 radical (unpaired) electrons. The highest BCUT2D eigenvalue weighted by molar-refractivity contribution is 7.22. The van der Waals surface area contributed by atoms with Crippen LogP contribution in [0.4, 0.5) is 9.52 Å². The molecule has 0 spiro atoms. The number of nitrogens with one attached hydrogen (secondary N) is 1. The number of hydrogen-bond donors (Lipinski definition) is 2. The van der Waals surface area contributed by atoms with Gasteiger partial charge in [0.05, 0.1) is 22.2 Å². The Labute approximate surface area is 143 Å². The highest BCUT2D eigenvalue weighted by Crippen LogP contribution is 2.31. The minimum Gasteiger partial charge on any atom is -0.463 e. The molecule has 0 aliphatic carbocycles. The molecule has 0 unspecified atom stereocenters. The molecule has 1 aromatic heterocycles. The molecule has 3 N–H and O–H groups in total. The van der Waals surface area contributed by atoms with E-state index in [0.717, 1.165) is 20.9 Å². The maximum Gasteiger partial charge on any atom is 0.183 e. The monoisotopic (exact) mass is 341 g/mol. The van der Waals surface area contributed by atoms with Crippen LogP contribution in [0.5, 0.6) is 0 Å². The predicted molar refractivity (Wildman–Crippen MR) is 97.9 cm³/mol. The number of benzene rings is 2. The summed E-state index contributed by atoms with van der Waals surface area (Å²) in [5.41, 5.74) is 9.02. The zero-order valence-electron chi connectivity index (χ0n) is 13.0. The molecule has 1 heterocycles. The molecule has 0 saturated carbocycles. The van der Waals surface area contributed by atoms with E-state index in [2.05, 4.69) is 16.9 Å². The number of hydrogen-bond acceptors (Lipinski definition) is 5. The fourth-order valence-electron chi connectivity index (χ4n) is 2.30. The third kappa shape index (κ3) is 3.09. The van der Waals surface area contributed by atoms with Gasteiger partial charge in [0.2, 0.25) is 0 Å². The van der Waals surface area contributed by atoms with Crippen molar-refractivity contribution in [3.05, 3.63) is 72.2 Å². The largest absolute Gasteiger partial charge is 0.463 e. The van der Waals surface area contributed by atoms with E-state index in [1.807, 2.05) is 25.2 Å². The first-order valence-electron chi connectivity index (χ1n) is 7.24. The summed E-state index contributed by atoms with van der Waals surface area (Å²) in [4.78, 5) is 4.45. The zero-order valence-corrected chi connectivity index (χ0v) is 13.9. The smallest absolute Gasteiger partial charge is 0.183 e. The second-order valence-electron chi connectivity index (χ2n) is 4.99. The Hall–Kier alpha value is -2.86. The van der Waals surface area contributed by atoms with E-state index in [0.29, 0.717) is 17.0 Å². The van der Waals surface area contributed by atoms with E-state index in [1.165, 1.54) is 29.7 Å². The summed E-state index contributed by atoms with van der Waals surface area (Å²) in [7, 11) is 1.83. The lowest BCUT2D eigenvalue weighted by molar-refractivity contribution is 0.439. The maximum absolute atomic E-state index is 13.1. The molecule has 0 amide bonds. The zero-order chi connectivity index (χ0) is 17.1. The van der Waals surface area contributed by atoms with Crippen LogP contribution in [0.3, 0.4) is 0 Å². The molecule has 0 aliphatic rings. The Morgan fingerprint density at radius 3 is 2.62 bits per heavy atom. The number of nitrogens with two attached hydrogens (primary N) is 1. The van der Waals surface area contributed by atoms with Crippen LogP contribution in [0.25, 0.3) is 21.7 Å². The second-order valence-corrected chi connectivity index (χ2v) is 6.02. The van der Waals surface area contributed by atoms with Crippen molar-refractivity contribution in [1.82, 2.24) is 4.98 Å². The molecule has 0 fully saturated rings. The first-order valence-corrected chi connectivity index (χ1v) is 8.06. The molecule has 24 heavy (non-hydrogen) atoms. The van der Waals surface area contributed by atoms with Crippen molar-refractivity contribution < 1.29 is 9.13 Å². The predicted octanol–water partition coefficient (Wildman–Crippen LogP) is 4.42. The van der Waals surface area contributed by atoms with E-state index in [-0.39, 0.29) is 5.82 Å². The number of aromatic nitrogens is 1. The van der Waals surface area contributed by atoms with Crippen molar-refractivity contribution in [2.75, 3.05) is 12.4 Å². The van der Waals surface area contributed by atoms with Gasteiger partial charge in [-0.15, -0.1) is 0 Å². The van der Waals surface area contributed by atoms with Crippen molar-refractivity contribution in [2.24, 2.45) is 5.73 Å². The first kappa shape index (κ1) is 16.0. The minimum absolute atomic E-state index is 0.316. The molecular weight excluding hydrogens is 325 g/mol. The third-order valence-electron chi connectivity index (χ3n) is 3.47. The van der Waals surface area contributed by atoms with Crippen LogP contribution in [-0.4, -0.2) is 12.0 Å². The van der Waals surface area contributed by atoms with Gasteiger partial charge in [0.25, 0.3) is 0 Å². The summed E-state index contributed by atoms with van der Waals surface area (Å²) in [5.74, 6) is 0.154. The van der Waals surface area contributed by atoms with Gasteiger partial charge in [-0.3, -0.25) is 0 Å². The number of anilines is 1. The molecule has 3 aromatic rings. The molecule has 0 bridgehead atoms. The molecule has 6 heteroatoms. The SMILES string of the molecule is C=CO/C(=C(\N)c1ccc(F)cc1)c1ccc2nc(NC)sc2c1. The van der Waals surface area contributed by atoms with Crippen LogP contribution >= 0.6 is 11.3 Å². The Balaban J connectivity index is 2.11. The fraction of sp³-hybridized carbons (Fsp3) is 0.0556. The van der Waals surface area contributed by atoms with E-state index in [1.54, 1.807) is 12.1 Å². The molecule has 3 rings (SSSR count). The van der Waals surface area contributed by atoms with Crippen LogP contribution in [-0.2, 0) is 4.74 Å². The van der Waals surface area contributed by atoms with Crippen molar-refractivity contribution in [3.8, 4) is 0 Å². The van der Waals surface area contributed by atoms with Gasteiger partial charge in [-0.2, -0.15) is 0 Å². The minimum atomic E-state index is -0.316. The van der Waals surface area contributed by atoms with Gasteiger partial charge in [-0.05, 0) is 42.5 Å². The van der Waals surface area contributed by atoms with Gasteiger partial charge in [-0.1, -0.05) is 17.9 Å². The topological polar surface area (TPSA) is 60.2 Å². The highest BCUT2D eigenvalue weighted by Gasteiger charge is 2.12. The standard InChI is InChI=1S/C18H16FN3OS/c1-3-23-17(16(20)11-4-7-13(19)8-5-11)12-6-9-14-15(10-12)24-18(21-2)22-14/h3-10H,1,20H2,2H3,(H,21,22)/b17-16-. The number of rotatable bonds is 5. The van der Waals surface area contributed by atoms with E-state index >= 15 is 0 Å². The number of ether oxygens (including phenoxy) is 1. The van der Waals surface area contributed by atoms with Crippen molar-refractivity contribution >= 4 is 38.1 Å². The second kappa shape index (κ2) is 6.72. The molecule has 2 aromatic carbocycles. The Bertz CT molecular complexity index is 916. The van der Waals surface area contributed by atoms with Crippen LogP contribution in [0.1, 0.15) is 11.1 Å². The van der Waals surface area contributed by atoms with Crippen molar-refractivity contribution in [1.29, 1.82) is 0 Å². The fourth-order valence-corrected chi connectivity index (χ4v) is 3.16. The quantitative estimate of drug-likeness (QED) is 0.533. The van der Waals surface area contributed by atoms with Gasteiger partial charge in [0.15, 0.2) is 10.9 Å². The highest BCUT2D eigenvalue weighted by atomic mass is 32.1. The Morgan fingerprint density at radius 1 is 1.25 bits per heavy atom. The first-order chi connectivity index (χ1) is 11.6. The van der Waals surface area contributed by atoms with Gasteiger partial charge in [0, 0.05) is 18.2 Å². The van der Waals surface area contributed by atoms with Gasteiger partial charge < -0.3 is 15.8 Å². The van der Waals surface area contributed by atoms with Gasteiger partial charge in [-0.25, -0.2) is 9.37 Å². The van der Waals surface area contributed by atoms with Crippen molar-refractivity contribution in [3.63, 3.8) is 0 Å². The molecule has 0 aliphatic heterocycles. The summed E-state index contributed by atoms with van der Waals surface area (Å²) in [6.45, 7) is 3.60.